The highest BCUT2D eigenvalue weighted by Gasteiger charge is 2.18. The first kappa shape index (κ1) is 14.4. The predicted molar refractivity (Wildman–Crippen MR) is 84.5 cm³/mol. The van der Waals surface area contributed by atoms with Crippen LogP contribution in [0.4, 0.5) is 5.82 Å². The highest BCUT2D eigenvalue weighted by atomic mass is 16.5. The van der Waals surface area contributed by atoms with E-state index in [0.717, 1.165) is 56.7 Å². The van der Waals surface area contributed by atoms with Gasteiger partial charge in [-0.2, -0.15) is 0 Å². The van der Waals surface area contributed by atoms with Gasteiger partial charge in [0.1, 0.15) is 11.5 Å². The molecular weight excluding hydrogens is 264 g/mol. The van der Waals surface area contributed by atoms with Crippen molar-refractivity contribution in [2.45, 2.75) is 44.2 Å². The molecule has 0 spiro atoms. The SMILES string of the molecule is NC1CCC(OCCCNc2cccc3nccn23)CC1. The monoisotopic (exact) mass is 288 g/mol. The highest BCUT2D eigenvalue weighted by molar-refractivity contribution is 5.49. The summed E-state index contributed by atoms with van der Waals surface area (Å²) in [6.07, 6.45) is 9.65. The van der Waals surface area contributed by atoms with E-state index in [9.17, 15) is 0 Å². The Morgan fingerprint density at radius 2 is 2.14 bits per heavy atom. The van der Waals surface area contributed by atoms with Crippen molar-refractivity contribution in [1.82, 2.24) is 9.38 Å². The average Bonchev–Trinajstić information content (AvgIpc) is 2.98. The Balaban J connectivity index is 1.38. The molecule has 21 heavy (non-hydrogen) atoms. The number of imidazole rings is 1. The Bertz CT molecular complexity index is 560. The largest absolute Gasteiger partial charge is 0.378 e. The lowest BCUT2D eigenvalue weighted by atomic mass is 9.94. The number of aromatic nitrogens is 2. The van der Waals surface area contributed by atoms with Crippen LogP contribution in [0, 0.1) is 0 Å². The molecule has 3 N–H and O–H groups in total. The van der Waals surface area contributed by atoms with E-state index in [-0.39, 0.29) is 0 Å². The van der Waals surface area contributed by atoms with Gasteiger partial charge in [-0.1, -0.05) is 6.07 Å². The molecular formula is C16H24N4O. The third-order valence-corrected chi connectivity index (χ3v) is 4.13. The molecule has 1 aliphatic rings. The highest BCUT2D eigenvalue weighted by Crippen LogP contribution is 2.19. The fraction of sp³-hybridized carbons (Fsp3) is 0.562. The zero-order valence-corrected chi connectivity index (χ0v) is 12.4. The van der Waals surface area contributed by atoms with E-state index in [1.54, 1.807) is 0 Å². The van der Waals surface area contributed by atoms with Gasteiger partial charge in [0.2, 0.25) is 0 Å². The quantitative estimate of drug-likeness (QED) is 0.801. The minimum atomic E-state index is 0.391. The second-order valence-electron chi connectivity index (χ2n) is 5.75. The normalized spacial score (nSPS) is 22.5. The fourth-order valence-electron chi connectivity index (χ4n) is 2.89. The number of hydrogen-bond donors (Lipinski definition) is 2. The molecule has 0 aromatic carbocycles. The van der Waals surface area contributed by atoms with Crippen molar-refractivity contribution in [2.24, 2.45) is 5.73 Å². The summed E-state index contributed by atoms with van der Waals surface area (Å²) >= 11 is 0. The van der Waals surface area contributed by atoms with Crippen LogP contribution >= 0.6 is 0 Å². The molecule has 2 heterocycles. The maximum Gasteiger partial charge on any atom is 0.138 e. The predicted octanol–water partition coefficient (Wildman–Crippen LogP) is 2.42. The van der Waals surface area contributed by atoms with Gasteiger partial charge < -0.3 is 15.8 Å². The minimum absolute atomic E-state index is 0.391. The van der Waals surface area contributed by atoms with Crippen LogP contribution in [0.5, 0.6) is 0 Å². The second-order valence-corrected chi connectivity index (χ2v) is 5.75. The number of anilines is 1. The first-order valence-corrected chi connectivity index (χ1v) is 7.86. The lowest BCUT2D eigenvalue weighted by Crippen LogP contribution is -2.30. The molecule has 0 aliphatic heterocycles. The molecule has 5 nitrogen and oxygen atoms in total. The van der Waals surface area contributed by atoms with Gasteiger partial charge in [0, 0.05) is 31.6 Å². The van der Waals surface area contributed by atoms with Gasteiger partial charge in [0.15, 0.2) is 0 Å². The molecule has 0 amide bonds. The molecule has 2 aromatic heterocycles. The number of ether oxygens (including phenoxy) is 1. The zero-order chi connectivity index (χ0) is 14.5. The molecule has 3 rings (SSSR count). The standard InChI is InChI=1S/C16H24N4O/c17-13-5-7-14(8-6-13)21-12-2-9-18-15-3-1-4-16-19-10-11-20(15)16/h1,3-4,10-11,13-14,18H,2,5-9,12,17H2. The summed E-state index contributed by atoms with van der Waals surface area (Å²) in [7, 11) is 0. The van der Waals surface area contributed by atoms with E-state index >= 15 is 0 Å². The fourth-order valence-corrected chi connectivity index (χ4v) is 2.89. The smallest absolute Gasteiger partial charge is 0.138 e. The van der Waals surface area contributed by atoms with Gasteiger partial charge in [-0.15, -0.1) is 0 Å². The maximum atomic E-state index is 5.93. The summed E-state index contributed by atoms with van der Waals surface area (Å²) in [5.41, 5.74) is 6.87. The number of pyridine rings is 1. The molecule has 5 heteroatoms. The maximum absolute atomic E-state index is 5.93. The van der Waals surface area contributed by atoms with Crippen LogP contribution in [0.15, 0.2) is 30.6 Å². The van der Waals surface area contributed by atoms with Gasteiger partial charge in [0.05, 0.1) is 6.10 Å². The summed E-state index contributed by atoms with van der Waals surface area (Å²) in [5, 5.41) is 3.44. The number of hydrogen-bond acceptors (Lipinski definition) is 4. The molecule has 0 radical (unpaired) electrons. The van der Waals surface area contributed by atoms with Crippen molar-refractivity contribution in [3.05, 3.63) is 30.6 Å². The molecule has 2 aromatic rings. The van der Waals surface area contributed by atoms with Crippen LogP contribution in [-0.4, -0.2) is 34.7 Å². The summed E-state index contributed by atoms with van der Waals surface area (Å²) in [5.74, 6) is 1.08. The van der Waals surface area contributed by atoms with Crippen molar-refractivity contribution in [2.75, 3.05) is 18.5 Å². The first-order chi connectivity index (χ1) is 10.3. The Morgan fingerprint density at radius 1 is 1.29 bits per heavy atom. The number of nitrogens with two attached hydrogens (primary N) is 1. The van der Waals surface area contributed by atoms with Gasteiger partial charge in [0.25, 0.3) is 0 Å². The van der Waals surface area contributed by atoms with E-state index in [1.807, 2.05) is 24.5 Å². The number of nitrogens with zero attached hydrogens (tertiary/aromatic N) is 2. The lowest BCUT2D eigenvalue weighted by Gasteiger charge is -2.26. The van der Waals surface area contributed by atoms with Crippen LogP contribution < -0.4 is 11.1 Å². The van der Waals surface area contributed by atoms with Crippen LogP contribution in [-0.2, 0) is 4.74 Å². The van der Waals surface area contributed by atoms with Gasteiger partial charge >= 0.3 is 0 Å². The Kier molecular flexibility index (Phi) is 4.72. The molecule has 1 aliphatic carbocycles. The molecule has 1 fully saturated rings. The number of nitrogens with one attached hydrogen (secondary N) is 1. The van der Waals surface area contributed by atoms with Gasteiger partial charge in [-0.3, -0.25) is 4.40 Å². The molecule has 0 saturated heterocycles. The summed E-state index contributed by atoms with van der Waals surface area (Å²) in [4.78, 5) is 4.28. The summed E-state index contributed by atoms with van der Waals surface area (Å²) < 4.78 is 7.99. The molecule has 114 valence electrons. The van der Waals surface area contributed by atoms with E-state index in [1.165, 1.54) is 0 Å². The molecule has 0 bridgehead atoms. The van der Waals surface area contributed by atoms with E-state index in [4.69, 9.17) is 10.5 Å². The zero-order valence-electron chi connectivity index (χ0n) is 12.4. The van der Waals surface area contributed by atoms with Crippen LogP contribution in [0.1, 0.15) is 32.1 Å². The first-order valence-electron chi connectivity index (χ1n) is 7.86. The van der Waals surface area contributed by atoms with E-state index in [0.29, 0.717) is 12.1 Å². The Hall–Kier alpha value is -1.59. The second kappa shape index (κ2) is 6.91. The van der Waals surface area contributed by atoms with Crippen LogP contribution in [0.25, 0.3) is 5.65 Å². The minimum Gasteiger partial charge on any atom is -0.378 e. The Labute approximate surface area is 125 Å². The van der Waals surface area contributed by atoms with E-state index < -0.39 is 0 Å². The van der Waals surface area contributed by atoms with Crippen molar-refractivity contribution in [3.63, 3.8) is 0 Å². The topological polar surface area (TPSA) is 64.6 Å². The molecule has 0 unspecified atom stereocenters. The van der Waals surface area contributed by atoms with Crippen molar-refractivity contribution in [1.29, 1.82) is 0 Å². The van der Waals surface area contributed by atoms with Crippen molar-refractivity contribution < 1.29 is 4.74 Å². The van der Waals surface area contributed by atoms with Gasteiger partial charge in [-0.05, 0) is 44.2 Å². The number of fused-ring (bicyclic) bond motifs is 1. The van der Waals surface area contributed by atoms with E-state index in [2.05, 4.69) is 20.8 Å². The third kappa shape index (κ3) is 3.74. The van der Waals surface area contributed by atoms with Crippen LogP contribution in [0.2, 0.25) is 0 Å². The summed E-state index contributed by atoms with van der Waals surface area (Å²) in [6, 6.07) is 6.48. The number of rotatable bonds is 6. The molecule has 0 atom stereocenters. The van der Waals surface area contributed by atoms with Crippen molar-refractivity contribution >= 4 is 11.5 Å². The van der Waals surface area contributed by atoms with Crippen LogP contribution in [0.3, 0.4) is 0 Å². The lowest BCUT2D eigenvalue weighted by molar-refractivity contribution is 0.0251. The molecule has 1 saturated carbocycles. The summed E-state index contributed by atoms with van der Waals surface area (Å²) in [6.45, 7) is 1.72. The Morgan fingerprint density at radius 3 is 3.00 bits per heavy atom. The average molecular weight is 288 g/mol. The van der Waals surface area contributed by atoms with Gasteiger partial charge in [-0.25, -0.2) is 4.98 Å². The third-order valence-electron chi connectivity index (χ3n) is 4.13. The van der Waals surface area contributed by atoms with Crippen molar-refractivity contribution in [3.8, 4) is 0 Å².